The normalized spacial score (nSPS) is 17.8. The van der Waals surface area contributed by atoms with Crippen molar-refractivity contribution >= 4 is 23.5 Å². The largest absolute Gasteiger partial charge is 0.445 e. The van der Waals surface area contributed by atoms with Crippen LogP contribution in [0.4, 0.5) is 4.39 Å². The number of hydroxylamine groups is 2. The standard InChI is InChI=1S/C15H15ClFNO5/c1-15(2)22-12(14(20)23-15)7-13(19)18(21-3)8-9-4-5-10(17)6-11(9)16/h4-7H,8H2,1-3H3. The average Bonchev–Trinajstić information content (AvgIpc) is 2.70. The van der Waals surface area contributed by atoms with Crippen LogP contribution in [-0.4, -0.2) is 29.8 Å². The molecular formula is C15H15ClFNO5. The van der Waals surface area contributed by atoms with Gasteiger partial charge in [-0.1, -0.05) is 17.7 Å². The highest BCUT2D eigenvalue weighted by Crippen LogP contribution is 2.26. The van der Waals surface area contributed by atoms with E-state index in [1.54, 1.807) is 13.8 Å². The molecule has 0 bridgehead atoms. The minimum absolute atomic E-state index is 0.0311. The van der Waals surface area contributed by atoms with Crippen LogP contribution in [0.3, 0.4) is 0 Å². The lowest BCUT2D eigenvalue weighted by molar-refractivity contribution is -0.173. The Bertz CT molecular complexity index is 674. The molecule has 1 saturated heterocycles. The highest BCUT2D eigenvalue weighted by atomic mass is 35.5. The molecular weight excluding hydrogens is 329 g/mol. The van der Waals surface area contributed by atoms with Crippen LogP contribution in [0.25, 0.3) is 0 Å². The van der Waals surface area contributed by atoms with E-state index in [9.17, 15) is 14.0 Å². The van der Waals surface area contributed by atoms with Crippen molar-refractivity contribution in [3.8, 4) is 0 Å². The van der Waals surface area contributed by atoms with E-state index in [0.717, 1.165) is 17.2 Å². The van der Waals surface area contributed by atoms with Crippen molar-refractivity contribution in [3.05, 3.63) is 46.4 Å². The number of hydrogen-bond donors (Lipinski definition) is 0. The Hall–Kier alpha value is -2.12. The molecule has 0 aromatic heterocycles. The Balaban J connectivity index is 2.14. The molecule has 8 heteroatoms. The molecule has 1 fully saturated rings. The first-order valence-corrected chi connectivity index (χ1v) is 7.03. The quantitative estimate of drug-likeness (QED) is 0.477. The first-order chi connectivity index (χ1) is 10.7. The van der Waals surface area contributed by atoms with Crippen molar-refractivity contribution in [2.24, 2.45) is 0 Å². The van der Waals surface area contributed by atoms with Gasteiger partial charge in [0.2, 0.25) is 11.5 Å². The molecule has 0 spiro atoms. The summed E-state index contributed by atoms with van der Waals surface area (Å²) in [5, 5.41) is 1.11. The summed E-state index contributed by atoms with van der Waals surface area (Å²) >= 11 is 5.92. The summed E-state index contributed by atoms with van der Waals surface area (Å²) in [6, 6.07) is 3.79. The van der Waals surface area contributed by atoms with Crippen molar-refractivity contribution in [2.45, 2.75) is 26.2 Å². The number of ether oxygens (including phenoxy) is 2. The minimum Gasteiger partial charge on any atom is -0.445 e. The minimum atomic E-state index is -1.12. The second-order valence-electron chi connectivity index (χ2n) is 5.19. The van der Waals surface area contributed by atoms with Crippen molar-refractivity contribution in [1.29, 1.82) is 0 Å². The van der Waals surface area contributed by atoms with Crippen LogP contribution >= 0.6 is 11.6 Å². The average molecular weight is 344 g/mol. The van der Waals surface area contributed by atoms with Crippen LogP contribution in [-0.2, 0) is 30.4 Å². The summed E-state index contributed by atoms with van der Waals surface area (Å²) in [5.74, 6) is -3.20. The van der Waals surface area contributed by atoms with Gasteiger partial charge in [-0.15, -0.1) is 0 Å². The number of nitrogens with zero attached hydrogens (tertiary/aromatic N) is 1. The molecule has 6 nitrogen and oxygen atoms in total. The van der Waals surface area contributed by atoms with Crippen LogP contribution in [0, 0.1) is 5.82 Å². The van der Waals surface area contributed by atoms with Crippen LogP contribution < -0.4 is 0 Å². The molecule has 1 aromatic rings. The summed E-state index contributed by atoms with van der Waals surface area (Å²) in [6.07, 6.45) is 0.970. The van der Waals surface area contributed by atoms with E-state index in [2.05, 4.69) is 0 Å². The van der Waals surface area contributed by atoms with E-state index in [-0.39, 0.29) is 17.3 Å². The van der Waals surface area contributed by atoms with Gasteiger partial charge in [-0.3, -0.25) is 9.63 Å². The summed E-state index contributed by atoms with van der Waals surface area (Å²) in [5.41, 5.74) is 0.483. The zero-order chi connectivity index (χ0) is 17.2. The smallest absolute Gasteiger partial charge is 0.377 e. The van der Waals surface area contributed by atoms with Crippen LogP contribution in [0.15, 0.2) is 30.0 Å². The second kappa shape index (κ2) is 6.55. The number of benzene rings is 1. The molecule has 23 heavy (non-hydrogen) atoms. The summed E-state index contributed by atoms with van der Waals surface area (Å²) in [4.78, 5) is 28.8. The molecule has 1 aliphatic rings. The van der Waals surface area contributed by atoms with Crippen molar-refractivity contribution < 1.29 is 28.3 Å². The fourth-order valence-electron chi connectivity index (χ4n) is 1.91. The molecule has 1 aliphatic heterocycles. The Morgan fingerprint density at radius 1 is 1.43 bits per heavy atom. The summed E-state index contributed by atoms with van der Waals surface area (Å²) < 4.78 is 23.2. The van der Waals surface area contributed by atoms with Gasteiger partial charge < -0.3 is 9.47 Å². The van der Waals surface area contributed by atoms with E-state index in [1.165, 1.54) is 19.2 Å². The van der Waals surface area contributed by atoms with Gasteiger partial charge in [0.25, 0.3) is 5.91 Å². The number of esters is 1. The second-order valence-corrected chi connectivity index (χ2v) is 5.60. The van der Waals surface area contributed by atoms with Gasteiger partial charge in [0.05, 0.1) is 19.7 Å². The zero-order valence-corrected chi connectivity index (χ0v) is 13.5. The molecule has 2 rings (SSSR count). The van der Waals surface area contributed by atoms with Gasteiger partial charge in [-0.05, 0) is 17.7 Å². The third-order valence-corrected chi connectivity index (χ3v) is 3.30. The molecule has 0 aliphatic carbocycles. The first-order valence-electron chi connectivity index (χ1n) is 6.65. The Kier molecular flexibility index (Phi) is 4.91. The number of rotatable bonds is 4. The van der Waals surface area contributed by atoms with Gasteiger partial charge in [0.15, 0.2) is 0 Å². The SMILES string of the molecule is CON(Cc1ccc(F)cc1Cl)C(=O)C=C1OC(C)(C)OC1=O. The highest BCUT2D eigenvalue weighted by molar-refractivity contribution is 6.31. The predicted molar refractivity (Wildman–Crippen MR) is 78.3 cm³/mol. The Morgan fingerprint density at radius 3 is 2.65 bits per heavy atom. The molecule has 0 saturated carbocycles. The highest BCUT2D eigenvalue weighted by Gasteiger charge is 2.38. The zero-order valence-electron chi connectivity index (χ0n) is 12.8. The molecule has 124 valence electrons. The molecule has 1 heterocycles. The van der Waals surface area contributed by atoms with Gasteiger partial charge >= 0.3 is 5.97 Å². The summed E-state index contributed by atoms with van der Waals surface area (Å²) in [6.45, 7) is 3.06. The third kappa shape index (κ3) is 4.20. The van der Waals surface area contributed by atoms with Crippen LogP contribution in [0.2, 0.25) is 5.02 Å². The van der Waals surface area contributed by atoms with E-state index >= 15 is 0 Å². The molecule has 0 N–H and O–H groups in total. The van der Waals surface area contributed by atoms with Gasteiger partial charge in [0.1, 0.15) is 5.82 Å². The number of carbonyl (C=O) groups excluding carboxylic acids is 2. The maximum Gasteiger partial charge on any atom is 0.377 e. The third-order valence-electron chi connectivity index (χ3n) is 2.95. The lowest BCUT2D eigenvalue weighted by Gasteiger charge is -2.19. The number of amides is 1. The Morgan fingerprint density at radius 2 is 2.13 bits per heavy atom. The summed E-state index contributed by atoms with van der Waals surface area (Å²) in [7, 11) is 1.28. The van der Waals surface area contributed by atoms with E-state index < -0.39 is 23.5 Å². The fraction of sp³-hybridized carbons (Fsp3) is 0.333. The van der Waals surface area contributed by atoms with Crippen LogP contribution in [0.5, 0.6) is 0 Å². The monoisotopic (exact) mass is 343 g/mol. The number of hydrogen-bond acceptors (Lipinski definition) is 5. The van der Waals surface area contributed by atoms with Crippen LogP contribution in [0.1, 0.15) is 19.4 Å². The first kappa shape index (κ1) is 17.2. The fourth-order valence-corrected chi connectivity index (χ4v) is 2.14. The maximum atomic E-state index is 13.0. The van der Waals surface area contributed by atoms with Gasteiger partial charge in [0, 0.05) is 18.9 Å². The topological polar surface area (TPSA) is 65.1 Å². The van der Waals surface area contributed by atoms with E-state index in [4.69, 9.17) is 25.9 Å². The predicted octanol–water partition coefficient (Wildman–Crippen LogP) is 2.56. The van der Waals surface area contributed by atoms with Crippen molar-refractivity contribution in [1.82, 2.24) is 5.06 Å². The number of carbonyl (C=O) groups is 2. The molecule has 1 amide bonds. The molecule has 1 aromatic carbocycles. The van der Waals surface area contributed by atoms with E-state index in [1.807, 2.05) is 0 Å². The number of halogens is 2. The van der Waals surface area contributed by atoms with Gasteiger partial charge in [-0.25, -0.2) is 14.2 Å². The lowest BCUT2D eigenvalue weighted by Crippen LogP contribution is -2.28. The maximum absolute atomic E-state index is 13.0. The lowest BCUT2D eigenvalue weighted by atomic mass is 10.2. The number of cyclic esters (lactones) is 1. The van der Waals surface area contributed by atoms with Gasteiger partial charge in [-0.2, -0.15) is 0 Å². The van der Waals surface area contributed by atoms with Crippen molar-refractivity contribution in [2.75, 3.05) is 7.11 Å². The Labute approximate surface area is 137 Å². The molecule has 0 atom stereocenters. The molecule has 0 unspecified atom stereocenters. The van der Waals surface area contributed by atoms with Crippen molar-refractivity contribution in [3.63, 3.8) is 0 Å². The molecule has 0 radical (unpaired) electrons. The van der Waals surface area contributed by atoms with E-state index in [0.29, 0.717) is 5.56 Å².